The van der Waals surface area contributed by atoms with E-state index >= 15 is 0 Å². The van der Waals surface area contributed by atoms with Crippen molar-refractivity contribution in [1.29, 1.82) is 0 Å². The molecule has 0 amide bonds. The van der Waals surface area contributed by atoms with Crippen molar-refractivity contribution in [2.45, 2.75) is 19.3 Å². The zero-order chi connectivity index (χ0) is 17.2. The first-order valence-electron chi connectivity index (χ1n) is 7.39. The number of nitrogens with one attached hydrogen (secondary N) is 1. The van der Waals surface area contributed by atoms with Gasteiger partial charge < -0.3 is 15.0 Å². The highest BCUT2D eigenvalue weighted by molar-refractivity contribution is 7.80. The minimum Gasteiger partial charge on any atom is -0.406 e. The monoisotopic (exact) mass is 352 g/mol. The van der Waals surface area contributed by atoms with Crippen LogP contribution in [0.5, 0.6) is 5.75 Å². The molecule has 0 aromatic heterocycles. The molecule has 1 aliphatic rings. The Morgan fingerprint density at radius 1 is 1.04 bits per heavy atom. The Labute approximate surface area is 143 Å². The van der Waals surface area contributed by atoms with Crippen molar-refractivity contribution in [2.75, 3.05) is 11.9 Å². The SMILES string of the molecule is FC(F)(F)Oc1ccc(NC(=S)N2CCc3ccccc3C2)cc1. The maximum atomic E-state index is 12.2. The Bertz CT molecular complexity index is 731. The Hall–Kier alpha value is -2.28. The summed E-state index contributed by atoms with van der Waals surface area (Å²) in [5, 5.41) is 3.60. The number of hydrogen-bond acceptors (Lipinski definition) is 2. The van der Waals surface area contributed by atoms with Gasteiger partial charge in [0, 0.05) is 18.8 Å². The number of benzene rings is 2. The van der Waals surface area contributed by atoms with Gasteiger partial charge in [-0.2, -0.15) is 0 Å². The third-order valence-electron chi connectivity index (χ3n) is 3.76. The van der Waals surface area contributed by atoms with Gasteiger partial charge in [-0.05, 0) is 54.0 Å². The summed E-state index contributed by atoms with van der Waals surface area (Å²) in [6.07, 6.45) is -3.78. The van der Waals surface area contributed by atoms with Gasteiger partial charge in [0.2, 0.25) is 0 Å². The molecule has 0 spiro atoms. The summed E-state index contributed by atoms with van der Waals surface area (Å²) in [7, 11) is 0. The molecule has 0 unspecified atom stereocenters. The molecule has 1 N–H and O–H groups in total. The molecule has 0 fully saturated rings. The number of hydrogen-bond donors (Lipinski definition) is 1. The van der Waals surface area contributed by atoms with Crippen LogP contribution in [0.2, 0.25) is 0 Å². The van der Waals surface area contributed by atoms with E-state index in [0.717, 1.165) is 19.5 Å². The van der Waals surface area contributed by atoms with E-state index in [4.69, 9.17) is 12.2 Å². The molecular formula is C17H15F3N2OS. The lowest BCUT2D eigenvalue weighted by molar-refractivity contribution is -0.274. The standard InChI is InChI=1S/C17H15F3N2OS/c18-17(19,20)23-15-7-5-14(6-8-15)21-16(24)22-10-9-12-3-1-2-4-13(12)11-22/h1-8H,9-11H2,(H,21,24). The molecule has 1 heterocycles. The van der Waals surface area contributed by atoms with Gasteiger partial charge in [0.1, 0.15) is 5.75 Å². The third kappa shape index (κ3) is 4.17. The van der Waals surface area contributed by atoms with Crippen molar-refractivity contribution in [1.82, 2.24) is 4.90 Å². The fourth-order valence-electron chi connectivity index (χ4n) is 2.61. The van der Waals surface area contributed by atoms with Crippen molar-refractivity contribution in [2.24, 2.45) is 0 Å². The number of anilines is 1. The minimum atomic E-state index is -4.69. The number of rotatable bonds is 2. The number of halogens is 3. The van der Waals surface area contributed by atoms with Crippen LogP contribution in [0.1, 0.15) is 11.1 Å². The molecule has 3 nitrogen and oxygen atoms in total. The van der Waals surface area contributed by atoms with Gasteiger partial charge >= 0.3 is 6.36 Å². The predicted octanol–water partition coefficient (Wildman–Crippen LogP) is 4.34. The summed E-state index contributed by atoms with van der Waals surface area (Å²) < 4.78 is 40.3. The molecule has 1 aliphatic heterocycles. The van der Waals surface area contributed by atoms with E-state index in [0.29, 0.717) is 10.8 Å². The van der Waals surface area contributed by atoms with Gasteiger partial charge in [-0.3, -0.25) is 0 Å². The highest BCUT2D eigenvalue weighted by Crippen LogP contribution is 2.24. The average molecular weight is 352 g/mol. The number of ether oxygens (including phenoxy) is 1. The summed E-state index contributed by atoms with van der Waals surface area (Å²) in [6, 6.07) is 13.7. The summed E-state index contributed by atoms with van der Waals surface area (Å²) in [5.74, 6) is -0.258. The number of thiocarbonyl (C=S) groups is 1. The molecule has 0 saturated carbocycles. The fourth-order valence-corrected chi connectivity index (χ4v) is 2.89. The Morgan fingerprint density at radius 2 is 1.71 bits per heavy atom. The second-order valence-corrected chi connectivity index (χ2v) is 5.83. The molecule has 126 valence electrons. The lowest BCUT2D eigenvalue weighted by Gasteiger charge is -2.31. The van der Waals surface area contributed by atoms with Gasteiger partial charge in [-0.15, -0.1) is 13.2 Å². The molecule has 0 bridgehead atoms. The summed E-state index contributed by atoms with van der Waals surface area (Å²) in [6.45, 7) is 1.52. The summed E-state index contributed by atoms with van der Waals surface area (Å²) in [4.78, 5) is 2.04. The number of alkyl halides is 3. The van der Waals surface area contributed by atoms with Crippen molar-refractivity contribution in [3.05, 3.63) is 59.7 Å². The Kier molecular flexibility index (Phi) is 4.62. The van der Waals surface area contributed by atoms with Crippen molar-refractivity contribution < 1.29 is 17.9 Å². The lowest BCUT2D eigenvalue weighted by Crippen LogP contribution is -2.38. The molecule has 7 heteroatoms. The van der Waals surface area contributed by atoms with Gasteiger partial charge in [0.05, 0.1) is 0 Å². The third-order valence-corrected chi connectivity index (χ3v) is 4.12. The van der Waals surface area contributed by atoms with Crippen LogP contribution in [0.4, 0.5) is 18.9 Å². The van der Waals surface area contributed by atoms with Crippen LogP contribution in [-0.2, 0) is 13.0 Å². The zero-order valence-corrected chi connectivity index (χ0v) is 13.5. The molecule has 0 radical (unpaired) electrons. The molecule has 24 heavy (non-hydrogen) atoms. The first-order chi connectivity index (χ1) is 11.4. The van der Waals surface area contributed by atoms with E-state index in [1.54, 1.807) is 0 Å². The van der Waals surface area contributed by atoms with Crippen molar-refractivity contribution in [3.8, 4) is 5.75 Å². The first-order valence-corrected chi connectivity index (χ1v) is 7.80. The van der Waals surface area contributed by atoms with Gasteiger partial charge in [0.15, 0.2) is 5.11 Å². The Morgan fingerprint density at radius 3 is 2.38 bits per heavy atom. The molecule has 0 atom stereocenters. The zero-order valence-electron chi connectivity index (χ0n) is 12.6. The molecule has 2 aromatic rings. The number of nitrogens with zero attached hydrogens (tertiary/aromatic N) is 1. The minimum absolute atomic E-state index is 0.258. The van der Waals surface area contributed by atoms with E-state index < -0.39 is 6.36 Å². The van der Waals surface area contributed by atoms with Gasteiger partial charge in [-0.1, -0.05) is 24.3 Å². The van der Waals surface area contributed by atoms with E-state index in [1.807, 2.05) is 17.0 Å². The molecular weight excluding hydrogens is 337 g/mol. The van der Waals surface area contributed by atoms with Crippen LogP contribution >= 0.6 is 12.2 Å². The van der Waals surface area contributed by atoms with Crippen LogP contribution in [0.25, 0.3) is 0 Å². The first kappa shape index (κ1) is 16.6. The maximum Gasteiger partial charge on any atom is 0.573 e. The normalized spacial score (nSPS) is 14.0. The van der Waals surface area contributed by atoms with Crippen LogP contribution in [0.15, 0.2) is 48.5 Å². The second-order valence-electron chi connectivity index (χ2n) is 5.44. The van der Waals surface area contributed by atoms with E-state index in [2.05, 4.69) is 22.2 Å². The van der Waals surface area contributed by atoms with E-state index in [9.17, 15) is 13.2 Å². The molecule has 0 aliphatic carbocycles. The smallest absolute Gasteiger partial charge is 0.406 e. The highest BCUT2D eigenvalue weighted by Gasteiger charge is 2.31. The topological polar surface area (TPSA) is 24.5 Å². The van der Waals surface area contributed by atoms with Crippen LogP contribution in [-0.4, -0.2) is 22.9 Å². The molecule has 3 rings (SSSR count). The van der Waals surface area contributed by atoms with Crippen LogP contribution in [0, 0.1) is 0 Å². The Balaban J connectivity index is 1.61. The van der Waals surface area contributed by atoms with Crippen molar-refractivity contribution in [3.63, 3.8) is 0 Å². The van der Waals surface area contributed by atoms with Crippen molar-refractivity contribution >= 4 is 23.0 Å². The average Bonchev–Trinajstić information content (AvgIpc) is 2.55. The predicted molar refractivity (Wildman–Crippen MR) is 89.9 cm³/mol. The van der Waals surface area contributed by atoms with Crippen LogP contribution < -0.4 is 10.1 Å². The van der Waals surface area contributed by atoms with Crippen LogP contribution in [0.3, 0.4) is 0 Å². The van der Waals surface area contributed by atoms with Gasteiger partial charge in [-0.25, -0.2) is 0 Å². The maximum absolute atomic E-state index is 12.2. The van der Waals surface area contributed by atoms with E-state index in [1.165, 1.54) is 35.4 Å². The number of fused-ring (bicyclic) bond motifs is 1. The summed E-state index contributed by atoms with van der Waals surface area (Å²) >= 11 is 5.41. The molecule has 0 saturated heterocycles. The lowest BCUT2D eigenvalue weighted by atomic mass is 10.0. The second kappa shape index (κ2) is 6.68. The molecule has 2 aromatic carbocycles. The fraction of sp³-hybridized carbons (Fsp3) is 0.235. The van der Waals surface area contributed by atoms with Gasteiger partial charge in [0.25, 0.3) is 0 Å². The summed E-state index contributed by atoms with van der Waals surface area (Å²) in [5.41, 5.74) is 3.18. The largest absolute Gasteiger partial charge is 0.573 e. The van der Waals surface area contributed by atoms with E-state index in [-0.39, 0.29) is 5.75 Å². The highest BCUT2D eigenvalue weighted by atomic mass is 32.1. The quantitative estimate of drug-likeness (QED) is 0.813.